The molecule has 9 heteroatoms. The van der Waals surface area contributed by atoms with Crippen LogP contribution in [0.15, 0.2) is 12.3 Å². The van der Waals surface area contributed by atoms with Crippen LogP contribution in [0.3, 0.4) is 0 Å². The van der Waals surface area contributed by atoms with Gasteiger partial charge in [0.05, 0.1) is 30.5 Å². The molecule has 25 heavy (non-hydrogen) atoms. The molecule has 1 amide bonds. The Hall–Kier alpha value is -1.87. The molecule has 2 aliphatic heterocycles. The van der Waals surface area contributed by atoms with E-state index in [2.05, 4.69) is 10.3 Å². The number of amides is 1. The molecule has 138 valence electrons. The number of fused-ring (bicyclic) bond motifs is 1. The van der Waals surface area contributed by atoms with Crippen molar-refractivity contribution in [1.82, 2.24) is 10.3 Å². The second-order valence-electron chi connectivity index (χ2n) is 6.68. The third kappa shape index (κ3) is 4.04. The molecule has 3 rings (SSSR count). The molecule has 3 heterocycles. The number of hydrogen-bond acceptors (Lipinski definition) is 6. The number of ether oxygens (including phenoxy) is 2. The molecule has 1 aromatic rings. The van der Waals surface area contributed by atoms with Crippen LogP contribution in [0.4, 0.5) is 5.69 Å². The Labute approximate surface area is 147 Å². The van der Waals surface area contributed by atoms with E-state index in [4.69, 9.17) is 9.47 Å². The molecule has 1 saturated heterocycles. The third-order valence-electron chi connectivity index (χ3n) is 4.04. The second-order valence-corrected chi connectivity index (χ2v) is 8.61. The third-order valence-corrected chi connectivity index (χ3v) is 6.18. The Morgan fingerprint density at radius 2 is 2.24 bits per heavy atom. The molecule has 1 aromatic heterocycles. The largest absolute Gasteiger partial charge is 0.474 e. The van der Waals surface area contributed by atoms with Gasteiger partial charge in [-0.3, -0.25) is 9.10 Å². The molecule has 2 aliphatic rings. The second kappa shape index (κ2) is 7.17. The molecule has 0 aromatic carbocycles. The molecule has 0 radical (unpaired) electrons. The minimum atomic E-state index is -3.50. The van der Waals surface area contributed by atoms with E-state index < -0.39 is 10.0 Å². The van der Waals surface area contributed by atoms with Crippen LogP contribution in [0.1, 0.15) is 30.6 Å². The number of nitrogens with one attached hydrogen (secondary N) is 1. The highest BCUT2D eigenvalue weighted by Gasteiger charge is 2.31. The van der Waals surface area contributed by atoms with Gasteiger partial charge in [-0.15, -0.1) is 0 Å². The number of carbonyl (C=O) groups excluding carboxylic acids is 1. The lowest BCUT2D eigenvalue weighted by molar-refractivity contribution is 0.0929. The highest BCUT2D eigenvalue weighted by molar-refractivity contribution is 7.92. The smallest absolute Gasteiger partial charge is 0.253 e. The van der Waals surface area contributed by atoms with Gasteiger partial charge >= 0.3 is 0 Å². The summed E-state index contributed by atoms with van der Waals surface area (Å²) >= 11 is 0. The van der Waals surface area contributed by atoms with E-state index in [1.807, 2.05) is 13.8 Å². The van der Waals surface area contributed by atoms with Gasteiger partial charge in [-0.05, 0) is 18.4 Å². The standard InChI is InChI=1S/C16H23N3O5S/c1-11(2)10-25(21,22)19-4-6-24-16-14(19)7-12(8-17-16)15(20)18-13-3-5-23-9-13/h7-8,11,13H,3-6,9-10H2,1-2H3,(H,18,20). The van der Waals surface area contributed by atoms with Crippen molar-refractivity contribution in [2.24, 2.45) is 5.92 Å². The van der Waals surface area contributed by atoms with Crippen molar-refractivity contribution in [2.75, 3.05) is 36.4 Å². The zero-order valence-corrected chi connectivity index (χ0v) is 15.2. The Balaban J connectivity index is 1.86. The highest BCUT2D eigenvalue weighted by atomic mass is 32.2. The van der Waals surface area contributed by atoms with Gasteiger partial charge in [-0.1, -0.05) is 13.8 Å². The van der Waals surface area contributed by atoms with E-state index in [1.54, 1.807) is 0 Å². The van der Waals surface area contributed by atoms with Gasteiger partial charge in [0.2, 0.25) is 15.9 Å². The first kappa shape index (κ1) is 17.9. The summed E-state index contributed by atoms with van der Waals surface area (Å²) in [6.45, 7) is 5.27. The summed E-state index contributed by atoms with van der Waals surface area (Å²) in [6.07, 6.45) is 2.17. The monoisotopic (exact) mass is 369 g/mol. The number of hydrogen-bond donors (Lipinski definition) is 1. The van der Waals surface area contributed by atoms with Crippen molar-refractivity contribution >= 4 is 21.6 Å². The Morgan fingerprint density at radius 1 is 1.44 bits per heavy atom. The van der Waals surface area contributed by atoms with Gasteiger partial charge in [0.25, 0.3) is 5.91 Å². The van der Waals surface area contributed by atoms with Crippen LogP contribution in [0.5, 0.6) is 5.88 Å². The Bertz CT molecular complexity index is 744. The number of rotatable bonds is 5. The van der Waals surface area contributed by atoms with Crippen LogP contribution in [0.25, 0.3) is 0 Å². The molecule has 0 spiro atoms. The fourth-order valence-electron chi connectivity index (χ4n) is 2.92. The van der Waals surface area contributed by atoms with Crippen LogP contribution in [-0.2, 0) is 14.8 Å². The highest BCUT2D eigenvalue weighted by Crippen LogP contribution is 2.32. The van der Waals surface area contributed by atoms with E-state index in [1.165, 1.54) is 16.6 Å². The molecule has 1 unspecified atom stereocenters. The number of pyridine rings is 1. The van der Waals surface area contributed by atoms with E-state index in [0.717, 1.165) is 6.42 Å². The van der Waals surface area contributed by atoms with Crippen LogP contribution in [0, 0.1) is 5.92 Å². The van der Waals surface area contributed by atoms with Gasteiger partial charge in [0.15, 0.2) is 0 Å². The summed E-state index contributed by atoms with van der Waals surface area (Å²) in [5.41, 5.74) is 0.628. The molecular formula is C16H23N3O5S. The molecular weight excluding hydrogens is 346 g/mol. The number of anilines is 1. The molecule has 0 aliphatic carbocycles. The molecule has 8 nitrogen and oxygen atoms in total. The molecule has 1 fully saturated rings. The topological polar surface area (TPSA) is 97.8 Å². The molecule has 1 N–H and O–H groups in total. The zero-order valence-electron chi connectivity index (χ0n) is 14.4. The summed E-state index contributed by atoms with van der Waals surface area (Å²) < 4.78 is 37.3. The van der Waals surface area contributed by atoms with Gasteiger partial charge in [0, 0.05) is 12.8 Å². The van der Waals surface area contributed by atoms with Crippen LogP contribution in [0.2, 0.25) is 0 Å². The number of carbonyl (C=O) groups is 1. The zero-order chi connectivity index (χ0) is 18.0. The minimum Gasteiger partial charge on any atom is -0.474 e. The van der Waals surface area contributed by atoms with Gasteiger partial charge in [-0.2, -0.15) is 0 Å². The molecule has 1 atom stereocenters. The van der Waals surface area contributed by atoms with Crippen molar-refractivity contribution in [3.63, 3.8) is 0 Å². The average Bonchev–Trinajstić information content (AvgIpc) is 3.05. The Morgan fingerprint density at radius 3 is 2.92 bits per heavy atom. The lowest BCUT2D eigenvalue weighted by Crippen LogP contribution is -2.41. The summed E-state index contributed by atoms with van der Waals surface area (Å²) in [4.78, 5) is 16.5. The quantitative estimate of drug-likeness (QED) is 0.824. The van der Waals surface area contributed by atoms with Crippen molar-refractivity contribution in [1.29, 1.82) is 0 Å². The van der Waals surface area contributed by atoms with E-state index in [9.17, 15) is 13.2 Å². The minimum absolute atomic E-state index is 0.00176. The normalized spacial score (nSPS) is 20.3. The summed E-state index contributed by atoms with van der Waals surface area (Å²) in [5, 5.41) is 2.88. The predicted octanol–water partition coefficient (Wildman–Crippen LogP) is 0.785. The van der Waals surface area contributed by atoms with Gasteiger partial charge in [0.1, 0.15) is 12.3 Å². The first-order valence-corrected chi connectivity index (χ1v) is 9.99. The number of aromatic nitrogens is 1. The Kier molecular flexibility index (Phi) is 5.14. The van der Waals surface area contributed by atoms with Crippen LogP contribution < -0.4 is 14.4 Å². The molecule has 0 saturated carbocycles. The SMILES string of the molecule is CC(C)CS(=O)(=O)N1CCOc2ncc(C(=O)NC3CCOC3)cc21. The van der Waals surface area contributed by atoms with Crippen LogP contribution in [-0.4, -0.2) is 57.5 Å². The van der Waals surface area contributed by atoms with Crippen molar-refractivity contribution < 1.29 is 22.7 Å². The molecule has 0 bridgehead atoms. The van der Waals surface area contributed by atoms with Crippen molar-refractivity contribution in [2.45, 2.75) is 26.3 Å². The maximum Gasteiger partial charge on any atom is 0.253 e. The van der Waals surface area contributed by atoms with Gasteiger partial charge < -0.3 is 14.8 Å². The maximum atomic E-state index is 12.6. The first-order valence-electron chi connectivity index (χ1n) is 8.38. The number of nitrogens with zero attached hydrogens (tertiary/aromatic N) is 2. The summed E-state index contributed by atoms with van der Waals surface area (Å²) in [5.74, 6) is -0.0301. The van der Waals surface area contributed by atoms with Crippen molar-refractivity contribution in [3.8, 4) is 5.88 Å². The van der Waals surface area contributed by atoms with Gasteiger partial charge in [-0.25, -0.2) is 13.4 Å². The lowest BCUT2D eigenvalue weighted by atomic mass is 10.2. The fraction of sp³-hybridized carbons (Fsp3) is 0.625. The first-order chi connectivity index (χ1) is 11.9. The van der Waals surface area contributed by atoms with E-state index >= 15 is 0 Å². The number of sulfonamides is 1. The predicted molar refractivity (Wildman–Crippen MR) is 92.4 cm³/mol. The lowest BCUT2D eigenvalue weighted by Gasteiger charge is -2.30. The van der Waals surface area contributed by atoms with Crippen molar-refractivity contribution in [3.05, 3.63) is 17.8 Å². The van der Waals surface area contributed by atoms with E-state index in [-0.39, 0.29) is 42.7 Å². The summed E-state index contributed by atoms with van der Waals surface area (Å²) in [7, 11) is -3.50. The average molecular weight is 369 g/mol. The van der Waals surface area contributed by atoms with Crippen LogP contribution >= 0.6 is 0 Å². The van der Waals surface area contributed by atoms with E-state index in [0.29, 0.717) is 24.5 Å². The fourth-order valence-corrected chi connectivity index (χ4v) is 4.72. The summed E-state index contributed by atoms with van der Waals surface area (Å²) in [6, 6.07) is 1.50. The maximum absolute atomic E-state index is 12.6.